The van der Waals surface area contributed by atoms with E-state index in [2.05, 4.69) is 6.92 Å². The van der Waals surface area contributed by atoms with Crippen LogP contribution < -0.4 is 4.74 Å². The third-order valence-corrected chi connectivity index (χ3v) is 5.63. The van der Waals surface area contributed by atoms with Gasteiger partial charge in [-0.25, -0.2) is 13.2 Å². The number of hydrogen-bond donors (Lipinski definition) is 0. The van der Waals surface area contributed by atoms with Crippen molar-refractivity contribution in [2.45, 2.75) is 51.4 Å². The lowest BCUT2D eigenvalue weighted by Crippen LogP contribution is -2.14. The predicted octanol–water partition coefficient (Wildman–Crippen LogP) is 6.99. The predicted molar refractivity (Wildman–Crippen MR) is 97.9 cm³/mol. The maximum atomic E-state index is 14.7. The number of hydrogen-bond acceptors (Lipinski definition) is 1. The number of rotatable bonds is 5. The molecule has 5 heteroatoms. The standard InChI is InChI=1S/C22H24F4O/c1-3-4-13-5-7-14(8-6-13)16-11-19(24)17(12-18(16)23)15-9-10-20(27-2)22(26)21(15)25/h9-14H,3-8H2,1-2H3. The van der Waals surface area contributed by atoms with Crippen molar-refractivity contribution in [3.05, 3.63) is 53.1 Å². The van der Waals surface area contributed by atoms with Crippen LogP contribution in [0.5, 0.6) is 5.75 Å². The van der Waals surface area contributed by atoms with Crippen molar-refractivity contribution in [1.82, 2.24) is 0 Å². The Kier molecular flexibility index (Phi) is 6.08. The Bertz CT molecular complexity index is 810. The molecule has 0 spiro atoms. The molecule has 0 radical (unpaired) electrons. The molecule has 1 aliphatic rings. The lowest BCUT2D eigenvalue weighted by atomic mass is 9.77. The van der Waals surface area contributed by atoms with Crippen LogP contribution in [0.15, 0.2) is 24.3 Å². The number of methoxy groups -OCH3 is 1. The highest BCUT2D eigenvalue weighted by Crippen LogP contribution is 2.40. The zero-order valence-corrected chi connectivity index (χ0v) is 15.6. The van der Waals surface area contributed by atoms with Crippen LogP contribution in [0.3, 0.4) is 0 Å². The molecule has 1 fully saturated rings. The zero-order chi connectivity index (χ0) is 19.6. The van der Waals surface area contributed by atoms with E-state index in [1.807, 2.05) is 0 Å². The van der Waals surface area contributed by atoms with Crippen LogP contribution in [-0.2, 0) is 0 Å². The van der Waals surface area contributed by atoms with Gasteiger partial charge in [0, 0.05) is 11.1 Å². The maximum absolute atomic E-state index is 14.7. The highest BCUT2D eigenvalue weighted by molar-refractivity contribution is 5.66. The lowest BCUT2D eigenvalue weighted by molar-refractivity contribution is 0.304. The summed E-state index contributed by atoms with van der Waals surface area (Å²) in [6, 6.07) is 4.53. The molecule has 2 aromatic rings. The van der Waals surface area contributed by atoms with E-state index in [-0.39, 0.29) is 22.8 Å². The number of benzene rings is 2. The quantitative estimate of drug-likeness (QED) is 0.508. The summed E-state index contributed by atoms with van der Waals surface area (Å²) in [6.45, 7) is 2.15. The van der Waals surface area contributed by atoms with Gasteiger partial charge in [0.2, 0.25) is 5.82 Å². The van der Waals surface area contributed by atoms with Gasteiger partial charge in [-0.2, -0.15) is 4.39 Å². The molecule has 0 bridgehead atoms. The topological polar surface area (TPSA) is 9.23 Å². The SMILES string of the molecule is CCCC1CCC(c2cc(F)c(-c3ccc(OC)c(F)c3F)cc2F)CC1. The Morgan fingerprint density at radius 1 is 0.889 bits per heavy atom. The van der Waals surface area contributed by atoms with Gasteiger partial charge in [0.25, 0.3) is 0 Å². The van der Waals surface area contributed by atoms with Crippen molar-refractivity contribution in [2.24, 2.45) is 5.92 Å². The van der Waals surface area contributed by atoms with E-state index in [4.69, 9.17) is 4.74 Å². The highest BCUT2D eigenvalue weighted by Gasteiger charge is 2.26. The first-order valence-electron chi connectivity index (χ1n) is 9.47. The Labute approximate surface area is 157 Å². The van der Waals surface area contributed by atoms with Gasteiger partial charge < -0.3 is 4.74 Å². The monoisotopic (exact) mass is 380 g/mol. The largest absolute Gasteiger partial charge is 0.494 e. The minimum absolute atomic E-state index is 0.0286. The molecule has 0 aliphatic heterocycles. The van der Waals surface area contributed by atoms with Crippen molar-refractivity contribution in [1.29, 1.82) is 0 Å². The summed E-state index contributed by atoms with van der Waals surface area (Å²) in [6.07, 6.45) is 5.99. The van der Waals surface area contributed by atoms with Crippen LogP contribution >= 0.6 is 0 Å². The second-order valence-electron chi connectivity index (χ2n) is 7.30. The molecule has 0 atom stereocenters. The second kappa shape index (κ2) is 8.32. The van der Waals surface area contributed by atoms with Crippen molar-refractivity contribution < 1.29 is 22.3 Å². The Hall–Kier alpha value is -2.04. The van der Waals surface area contributed by atoms with Crippen molar-refractivity contribution in [3.63, 3.8) is 0 Å². The van der Waals surface area contributed by atoms with Crippen LogP contribution in [0.4, 0.5) is 17.6 Å². The first-order valence-corrected chi connectivity index (χ1v) is 9.47. The van der Waals surface area contributed by atoms with Gasteiger partial charge in [0.1, 0.15) is 11.6 Å². The molecule has 1 nitrogen and oxygen atoms in total. The normalized spacial score (nSPS) is 19.9. The van der Waals surface area contributed by atoms with Crippen molar-refractivity contribution >= 4 is 0 Å². The van der Waals surface area contributed by atoms with E-state index < -0.39 is 23.3 Å². The molecular formula is C22H24F4O. The van der Waals surface area contributed by atoms with Crippen LogP contribution in [0.1, 0.15) is 56.9 Å². The third-order valence-electron chi connectivity index (χ3n) is 5.63. The van der Waals surface area contributed by atoms with E-state index in [0.717, 1.165) is 44.2 Å². The molecule has 0 heterocycles. The average molecular weight is 380 g/mol. The molecule has 2 aromatic carbocycles. The fourth-order valence-electron chi connectivity index (χ4n) is 4.15. The Morgan fingerprint density at radius 2 is 1.59 bits per heavy atom. The Balaban J connectivity index is 1.89. The number of halogens is 4. The summed E-state index contributed by atoms with van der Waals surface area (Å²) >= 11 is 0. The third kappa shape index (κ3) is 3.97. The smallest absolute Gasteiger partial charge is 0.201 e. The molecule has 0 saturated heterocycles. The summed E-state index contributed by atoms with van der Waals surface area (Å²) in [5, 5.41) is 0. The Morgan fingerprint density at radius 3 is 2.22 bits per heavy atom. The highest BCUT2D eigenvalue weighted by atomic mass is 19.2. The molecular weight excluding hydrogens is 356 g/mol. The fourth-order valence-corrected chi connectivity index (χ4v) is 4.15. The van der Waals surface area contributed by atoms with Gasteiger partial charge in [0.05, 0.1) is 7.11 Å². The molecule has 27 heavy (non-hydrogen) atoms. The molecule has 0 unspecified atom stereocenters. The molecule has 0 N–H and O–H groups in total. The van der Waals surface area contributed by atoms with Gasteiger partial charge in [-0.3, -0.25) is 0 Å². The van der Waals surface area contributed by atoms with E-state index in [0.29, 0.717) is 11.5 Å². The summed E-state index contributed by atoms with van der Waals surface area (Å²) < 4.78 is 62.3. The van der Waals surface area contributed by atoms with Crippen LogP contribution in [0.25, 0.3) is 11.1 Å². The first kappa shape index (κ1) is 19.7. The first-order chi connectivity index (χ1) is 13.0. The second-order valence-corrected chi connectivity index (χ2v) is 7.30. The molecule has 0 amide bonds. The van der Waals surface area contributed by atoms with Crippen LogP contribution in [0.2, 0.25) is 0 Å². The summed E-state index contributed by atoms with van der Waals surface area (Å²) in [4.78, 5) is 0. The fraction of sp³-hybridized carbons (Fsp3) is 0.455. The maximum Gasteiger partial charge on any atom is 0.201 e. The lowest BCUT2D eigenvalue weighted by Gasteiger charge is -2.29. The summed E-state index contributed by atoms with van der Waals surface area (Å²) in [5.41, 5.74) is -0.265. The summed E-state index contributed by atoms with van der Waals surface area (Å²) in [7, 11) is 1.21. The van der Waals surface area contributed by atoms with E-state index >= 15 is 0 Å². The molecule has 3 rings (SSSR count). The van der Waals surface area contributed by atoms with Gasteiger partial charge >= 0.3 is 0 Å². The van der Waals surface area contributed by atoms with Gasteiger partial charge in [-0.15, -0.1) is 0 Å². The molecule has 1 aliphatic carbocycles. The van der Waals surface area contributed by atoms with E-state index in [9.17, 15) is 17.6 Å². The van der Waals surface area contributed by atoms with Crippen molar-refractivity contribution in [2.75, 3.05) is 7.11 Å². The van der Waals surface area contributed by atoms with Gasteiger partial charge in [0.15, 0.2) is 11.6 Å². The van der Waals surface area contributed by atoms with Gasteiger partial charge in [-0.1, -0.05) is 19.8 Å². The van der Waals surface area contributed by atoms with Gasteiger partial charge in [-0.05, 0) is 67.3 Å². The number of ether oxygens (including phenoxy) is 1. The minimum Gasteiger partial charge on any atom is -0.494 e. The molecule has 0 aromatic heterocycles. The zero-order valence-electron chi connectivity index (χ0n) is 15.6. The van der Waals surface area contributed by atoms with E-state index in [1.54, 1.807) is 0 Å². The molecule has 1 saturated carbocycles. The van der Waals surface area contributed by atoms with Crippen molar-refractivity contribution in [3.8, 4) is 16.9 Å². The molecule has 146 valence electrons. The van der Waals surface area contributed by atoms with E-state index in [1.165, 1.54) is 25.7 Å². The average Bonchev–Trinajstić information content (AvgIpc) is 2.67. The van der Waals surface area contributed by atoms with Crippen LogP contribution in [0, 0.1) is 29.2 Å². The summed E-state index contributed by atoms with van der Waals surface area (Å²) in [5.74, 6) is -3.42. The van der Waals surface area contributed by atoms with Crippen LogP contribution in [-0.4, -0.2) is 7.11 Å². The minimum atomic E-state index is -1.25.